The molecule has 0 saturated heterocycles. The van der Waals surface area contributed by atoms with Crippen molar-refractivity contribution in [2.75, 3.05) is 4.90 Å². The summed E-state index contributed by atoms with van der Waals surface area (Å²) >= 11 is 0. The summed E-state index contributed by atoms with van der Waals surface area (Å²) in [4.78, 5) is 2.32. The molecule has 0 N–H and O–H groups in total. The van der Waals surface area contributed by atoms with E-state index in [1.807, 2.05) is 0 Å². The molecule has 1 heterocycles. The monoisotopic (exact) mass is 639 g/mol. The number of anilines is 3. The Morgan fingerprint density at radius 3 is 1.18 bits per heavy atom. The summed E-state index contributed by atoms with van der Waals surface area (Å²) in [5.41, 5.74) is 12.4. The van der Waals surface area contributed by atoms with Crippen molar-refractivity contribution in [3.8, 4) is 44.7 Å². The van der Waals surface area contributed by atoms with Crippen molar-refractivity contribution in [1.82, 2.24) is 0 Å². The van der Waals surface area contributed by atoms with Crippen LogP contribution in [-0.2, 0) is 0 Å². The second kappa shape index (κ2) is 12.8. The lowest BCUT2D eigenvalue weighted by Crippen LogP contribution is -2.09. The standard InChI is InChI=1S/C48H33NO/c1-3-9-34(10-4-1)37-21-27-43(28-22-37)49(44-29-23-38(24-30-44)35-11-5-2-6-12-35)45-31-25-39(26-32-45)36-15-18-41(19-16-36)47-33-42-20-17-40-13-7-8-14-46(40)48(42)50-47/h1-33H. The topological polar surface area (TPSA) is 16.4 Å². The van der Waals surface area contributed by atoms with Gasteiger partial charge in [-0.3, -0.25) is 0 Å². The lowest BCUT2D eigenvalue weighted by Gasteiger charge is -2.26. The van der Waals surface area contributed by atoms with Gasteiger partial charge in [0, 0.05) is 33.4 Å². The largest absolute Gasteiger partial charge is 0.455 e. The third-order valence-corrected chi connectivity index (χ3v) is 9.50. The first kappa shape index (κ1) is 29.5. The molecule has 0 atom stereocenters. The molecule has 2 heteroatoms. The molecule has 0 spiro atoms. The molecule has 0 bridgehead atoms. The molecule has 236 valence electrons. The molecular weight excluding hydrogens is 607 g/mol. The highest BCUT2D eigenvalue weighted by Crippen LogP contribution is 2.38. The number of rotatable bonds is 7. The molecule has 0 saturated carbocycles. The second-order valence-corrected chi connectivity index (χ2v) is 12.6. The molecule has 0 fully saturated rings. The minimum absolute atomic E-state index is 0.880. The number of hydrogen-bond donors (Lipinski definition) is 0. The van der Waals surface area contributed by atoms with Crippen molar-refractivity contribution < 1.29 is 4.42 Å². The maximum absolute atomic E-state index is 6.40. The van der Waals surface area contributed by atoms with Crippen molar-refractivity contribution in [3.63, 3.8) is 0 Å². The van der Waals surface area contributed by atoms with E-state index in [1.54, 1.807) is 0 Å². The third kappa shape index (κ3) is 5.63. The van der Waals surface area contributed by atoms with E-state index >= 15 is 0 Å². The summed E-state index contributed by atoms with van der Waals surface area (Å²) in [5, 5.41) is 3.44. The van der Waals surface area contributed by atoms with E-state index in [9.17, 15) is 0 Å². The first-order valence-electron chi connectivity index (χ1n) is 17.0. The van der Waals surface area contributed by atoms with Crippen molar-refractivity contribution in [1.29, 1.82) is 0 Å². The summed E-state index contributed by atoms with van der Waals surface area (Å²) in [7, 11) is 0. The minimum atomic E-state index is 0.880. The zero-order valence-electron chi connectivity index (χ0n) is 27.4. The van der Waals surface area contributed by atoms with Gasteiger partial charge in [-0.15, -0.1) is 0 Å². The van der Waals surface area contributed by atoms with E-state index in [2.05, 4.69) is 205 Å². The summed E-state index contributed by atoms with van der Waals surface area (Å²) < 4.78 is 6.40. The van der Waals surface area contributed by atoms with Crippen molar-refractivity contribution in [2.24, 2.45) is 0 Å². The number of nitrogens with zero attached hydrogens (tertiary/aromatic N) is 1. The van der Waals surface area contributed by atoms with Crippen LogP contribution in [0.25, 0.3) is 66.4 Å². The van der Waals surface area contributed by atoms with Gasteiger partial charge in [0.15, 0.2) is 0 Å². The maximum Gasteiger partial charge on any atom is 0.142 e. The molecular formula is C48H33NO. The van der Waals surface area contributed by atoms with Crippen molar-refractivity contribution in [3.05, 3.63) is 200 Å². The molecule has 8 aromatic carbocycles. The fraction of sp³-hybridized carbons (Fsp3) is 0. The van der Waals surface area contributed by atoms with Crippen LogP contribution >= 0.6 is 0 Å². The van der Waals surface area contributed by atoms with Crippen LogP contribution in [0.3, 0.4) is 0 Å². The van der Waals surface area contributed by atoms with Gasteiger partial charge in [0.1, 0.15) is 11.3 Å². The van der Waals surface area contributed by atoms with E-state index in [4.69, 9.17) is 4.42 Å². The Kier molecular flexibility index (Phi) is 7.53. The highest BCUT2D eigenvalue weighted by atomic mass is 16.3. The highest BCUT2D eigenvalue weighted by molar-refractivity contribution is 6.05. The van der Waals surface area contributed by atoms with Gasteiger partial charge in [0.25, 0.3) is 0 Å². The summed E-state index contributed by atoms with van der Waals surface area (Å²) in [6.07, 6.45) is 0. The Morgan fingerprint density at radius 2 is 0.680 bits per heavy atom. The number of benzene rings is 8. The molecule has 50 heavy (non-hydrogen) atoms. The van der Waals surface area contributed by atoms with Gasteiger partial charge in [0.05, 0.1) is 0 Å². The van der Waals surface area contributed by atoms with E-state index in [1.165, 1.54) is 27.6 Å². The fourth-order valence-corrected chi connectivity index (χ4v) is 6.85. The lowest BCUT2D eigenvalue weighted by molar-refractivity contribution is 0.635. The lowest BCUT2D eigenvalue weighted by atomic mass is 10.0. The zero-order valence-corrected chi connectivity index (χ0v) is 27.4. The molecule has 0 amide bonds. The third-order valence-electron chi connectivity index (χ3n) is 9.50. The average molecular weight is 640 g/mol. The number of fused-ring (bicyclic) bond motifs is 3. The van der Waals surface area contributed by atoms with Crippen molar-refractivity contribution in [2.45, 2.75) is 0 Å². The summed E-state index contributed by atoms with van der Waals surface area (Å²) in [6, 6.07) is 71.0. The Morgan fingerprint density at radius 1 is 0.300 bits per heavy atom. The van der Waals surface area contributed by atoms with Crippen LogP contribution in [0, 0.1) is 0 Å². The molecule has 0 aliphatic heterocycles. The molecule has 0 unspecified atom stereocenters. The Hall–Kier alpha value is -6.64. The smallest absolute Gasteiger partial charge is 0.142 e. The summed E-state index contributed by atoms with van der Waals surface area (Å²) in [6.45, 7) is 0. The van der Waals surface area contributed by atoms with E-state index in [0.29, 0.717) is 0 Å². The van der Waals surface area contributed by atoms with Crippen LogP contribution < -0.4 is 4.90 Å². The van der Waals surface area contributed by atoms with Gasteiger partial charge in [-0.25, -0.2) is 0 Å². The molecule has 0 aliphatic rings. The number of hydrogen-bond acceptors (Lipinski definition) is 2. The van der Waals surface area contributed by atoms with Gasteiger partial charge < -0.3 is 9.32 Å². The number of furan rings is 1. The first-order valence-corrected chi connectivity index (χ1v) is 17.0. The molecule has 2 nitrogen and oxygen atoms in total. The van der Waals surface area contributed by atoms with Crippen LogP contribution in [-0.4, -0.2) is 0 Å². The van der Waals surface area contributed by atoms with Crippen LogP contribution in [0.1, 0.15) is 0 Å². The molecule has 9 aromatic rings. The Balaban J connectivity index is 1.02. The predicted octanol–water partition coefficient (Wildman–Crippen LogP) is 13.7. The minimum Gasteiger partial charge on any atom is -0.455 e. The average Bonchev–Trinajstić information content (AvgIpc) is 3.65. The Bertz CT molecular complexity index is 2450. The van der Waals surface area contributed by atoms with Crippen LogP contribution in [0.15, 0.2) is 205 Å². The first-order chi connectivity index (χ1) is 24.8. The molecule has 0 radical (unpaired) electrons. The van der Waals surface area contributed by atoms with Gasteiger partial charge in [-0.1, -0.05) is 158 Å². The van der Waals surface area contributed by atoms with E-state index < -0.39 is 0 Å². The fourth-order valence-electron chi connectivity index (χ4n) is 6.85. The highest BCUT2D eigenvalue weighted by Gasteiger charge is 2.14. The van der Waals surface area contributed by atoms with E-state index in [0.717, 1.165) is 55.9 Å². The molecule has 0 aliphatic carbocycles. The predicted molar refractivity (Wildman–Crippen MR) is 210 cm³/mol. The van der Waals surface area contributed by atoms with Crippen molar-refractivity contribution >= 4 is 38.8 Å². The van der Waals surface area contributed by atoms with Crippen LogP contribution in [0.5, 0.6) is 0 Å². The normalized spacial score (nSPS) is 11.2. The SMILES string of the molecule is c1ccc(-c2ccc(N(c3ccc(-c4ccccc4)cc3)c3ccc(-c4ccc(-c5cc6ccc7ccccc7c6o5)cc4)cc3)cc2)cc1. The van der Waals surface area contributed by atoms with Gasteiger partial charge in [-0.2, -0.15) is 0 Å². The quantitative estimate of drug-likeness (QED) is 0.173. The second-order valence-electron chi connectivity index (χ2n) is 12.6. The van der Waals surface area contributed by atoms with Crippen LogP contribution in [0.2, 0.25) is 0 Å². The van der Waals surface area contributed by atoms with Gasteiger partial charge in [-0.05, 0) is 81.2 Å². The Labute approximate surface area is 292 Å². The summed E-state index contributed by atoms with van der Waals surface area (Å²) in [5.74, 6) is 0.880. The zero-order chi connectivity index (χ0) is 33.3. The molecule has 1 aromatic heterocycles. The maximum atomic E-state index is 6.40. The van der Waals surface area contributed by atoms with E-state index in [-0.39, 0.29) is 0 Å². The molecule has 9 rings (SSSR count). The van der Waals surface area contributed by atoms with Crippen LogP contribution in [0.4, 0.5) is 17.1 Å². The van der Waals surface area contributed by atoms with Gasteiger partial charge in [0.2, 0.25) is 0 Å². The van der Waals surface area contributed by atoms with Gasteiger partial charge >= 0.3 is 0 Å².